The monoisotopic (exact) mass is 349 g/mol. The zero-order valence-corrected chi connectivity index (χ0v) is 16.2. The average Bonchev–Trinajstić information content (AvgIpc) is 3.04. The summed E-state index contributed by atoms with van der Waals surface area (Å²) in [6.45, 7) is 9.07. The number of thioether (sulfide) groups is 1. The number of carbonyl (C=O) groups is 1. The standard InChI is InChI=1S/C20H31NO2S/c1-15(19(22)21-13-14-24-18-7-5-6-8-18)23-17-11-9-16(10-12-17)20(2,3)4/h9-12,15,18H,5-8,13-14H2,1-4H3,(H,21,22)/t15-/m1/s1. The number of hydrogen-bond acceptors (Lipinski definition) is 3. The third-order valence-corrected chi connectivity index (χ3v) is 5.84. The summed E-state index contributed by atoms with van der Waals surface area (Å²) < 4.78 is 5.76. The summed E-state index contributed by atoms with van der Waals surface area (Å²) >= 11 is 1.99. The molecule has 0 aromatic heterocycles. The van der Waals surface area contributed by atoms with Crippen LogP contribution in [0.2, 0.25) is 0 Å². The van der Waals surface area contributed by atoms with E-state index in [0.29, 0.717) is 0 Å². The number of nitrogens with one attached hydrogen (secondary N) is 1. The fourth-order valence-electron chi connectivity index (χ4n) is 2.89. The lowest BCUT2D eigenvalue weighted by molar-refractivity contribution is -0.127. The van der Waals surface area contributed by atoms with Crippen molar-refractivity contribution in [2.24, 2.45) is 0 Å². The Morgan fingerprint density at radius 1 is 1.25 bits per heavy atom. The fraction of sp³-hybridized carbons (Fsp3) is 0.650. The molecule has 0 unspecified atom stereocenters. The predicted octanol–water partition coefficient (Wildman–Crippen LogP) is 4.54. The van der Waals surface area contributed by atoms with Crippen molar-refractivity contribution in [2.45, 2.75) is 70.1 Å². The van der Waals surface area contributed by atoms with E-state index in [9.17, 15) is 4.79 Å². The highest BCUT2D eigenvalue weighted by Gasteiger charge is 2.17. The summed E-state index contributed by atoms with van der Waals surface area (Å²) in [5.74, 6) is 1.69. The smallest absolute Gasteiger partial charge is 0.260 e. The van der Waals surface area contributed by atoms with Gasteiger partial charge in [-0.25, -0.2) is 0 Å². The summed E-state index contributed by atoms with van der Waals surface area (Å²) in [5.41, 5.74) is 1.38. The van der Waals surface area contributed by atoms with Crippen LogP contribution in [0, 0.1) is 0 Å². The Kier molecular flexibility index (Phi) is 7.02. The first kappa shape index (κ1) is 19.2. The van der Waals surface area contributed by atoms with Gasteiger partial charge in [0.1, 0.15) is 5.75 Å². The van der Waals surface area contributed by atoms with E-state index in [1.54, 1.807) is 6.92 Å². The Morgan fingerprint density at radius 3 is 2.46 bits per heavy atom. The average molecular weight is 350 g/mol. The maximum atomic E-state index is 12.1. The first-order chi connectivity index (χ1) is 11.4. The zero-order valence-electron chi connectivity index (χ0n) is 15.4. The largest absolute Gasteiger partial charge is 0.481 e. The van der Waals surface area contributed by atoms with Gasteiger partial charge in [0.05, 0.1) is 0 Å². The first-order valence-corrected chi connectivity index (χ1v) is 10.1. The third-order valence-electron chi connectivity index (χ3n) is 4.46. The first-order valence-electron chi connectivity index (χ1n) is 9.03. The molecule has 4 heteroatoms. The van der Waals surface area contributed by atoms with E-state index in [1.165, 1.54) is 31.2 Å². The van der Waals surface area contributed by atoms with Crippen molar-refractivity contribution in [2.75, 3.05) is 12.3 Å². The second-order valence-electron chi connectivity index (χ2n) is 7.60. The van der Waals surface area contributed by atoms with Gasteiger partial charge in [-0.05, 0) is 42.9 Å². The van der Waals surface area contributed by atoms with Crippen LogP contribution in [0.15, 0.2) is 24.3 Å². The van der Waals surface area contributed by atoms with E-state index in [-0.39, 0.29) is 11.3 Å². The quantitative estimate of drug-likeness (QED) is 0.734. The summed E-state index contributed by atoms with van der Waals surface area (Å²) in [6, 6.07) is 8.02. The Balaban J connectivity index is 1.70. The molecule has 134 valence electrons. The normalized spacial score (nSPS) is 16.8. The van der Waals surface area contributed by atoms with Gasteiger partial charge in [0, 0.05) is 17.5 Å². The minimum absolute atomic E-state index is 0.0399. The van der Waals surface area contributed by atoms with E-state index >= 15 is 0 Å². The van der Waals surface area contributed by atoms with E-state index < -0.39 is 6.10 Å². The van der Waals surface area contributed by atoms with Gasteiger partial charge < -0.3 is 10.1 Å². The van der Waals surface area contributed by atoms with Crippen LogP contribution in [0.25, 0.3) is 0 Å². The number of benzene rings is 1. The number of carbonyl (C=O) groups excluding carboxylic acids is 1. The van der Waals surface area contributed by atoms with Crippen molar-refractivity contribution in [1.82, 2.24) is 5.32 Å². The molecule has 0 aliphatic heterocycles. The van der Waals surface area contributed by atoms with Gasteiger partial charge in [0.15, 0.2) is 6.10 Å². The molecule has 1 aromatic carbocycles. The summed E-state index contributed by atoms with van der Waals surface area (Å²) in [6.07, 6.45) is 4.93. The number of hydrogen-bond donors (Lipinski definition) is 1. The molecule has 0 radical (unpaired) electrons. The van der Waals surface area contributed by atoms with Crippen molar-refractivity contribution < 1.29 is 9.53 Å². The molecule has 1 aromatic rings. The SMILES string of the molecule is C[C@@H](Oc1ccc(C(C)(C)C)cc1)C(=O)NCCSC1CCCC1. The zero-order chi connectivity index (χ0) is 17.6. The van der Waals surface area contributed by atoms with Crippen LogP contribution >= 0.6 is 11.8 Å². The Labute approximate surface area is 150 Å². The lowest BCUT2D eigenvalue weighted by atomic mass is 9.87. The molecule has 1 amide bonds. The molecule has 1 fully saturated rings. The molecular weight excluding hydrogens is 318 g/mol. The molecule has 1 N–H and O–H groups in total. The van der Waals surface area contributed by atoms with Crippen molar-refractivity contribution in [3.05, 3.63) is 29.8 Å². The molecule has 0 saturated heterocycles. The van der Waals surface area contributed by atoms with Crippen molar-refractivity contribution >= 4 is 17.7 Å². The molecule has 0 spiro atoms. The van der Waals surface area contributed by atoms with E-state index in [2.05, 4.69) is 38.2 Å². The number of ether oxygens (including phenoxy) is 1. The van der Waals surface area contributed by atoms with Crippen LogP contribution in [-0.2, 0) is 10.2 Å². The van der Waals surface area contributed by atoms with E-state index in [0.717, 1.165) is 23.3 Å². The van der Waals surface area contributed by atoms with Crippen LogP contribution in [-0.4, -0.2) is 29.6 Å². The molecule has 0 heterocycles. The van der Waals surface area contributed by atoms with Crippen LogP contribution in [0.5, 0.6) is 5.75 Å². The molecule has 1 saturated carbocycles. The van der Waals surface area contributed by atoms with Gasteiger partial charge in [-0.1, -0.05) is 45.7 Å². The molecule has 1 aliphatic rings. The summed E-state index contributed by atoms with van der Waals surface area (Å²) in [4.78, 5) is 12.1. The van der Waals surface area contributed by atoms with Crippen molar-refractivity contribution in [3.63, 3.8) is 0 Å². The topological polar surface area (TPSA) is 38.3 Å². The number of rotatable bonds is 7. The van der Waals surface area contributed by atoms with Crippen molar-refractivity contribution in [3.8, 4) is 5.75 Å². The molecule has 1 atom stereocenters. The minimum Gasteiger partial charge on any atom is -0.481 e. The molecular formula is C20H31NO2S. The van der Waals surface area contributed by atoms with Gasteiger partial charge in [-0.15, -0.1) is 0 Å². The Hall–Kier alpha value is -1.16. The van der Waals surface area contributed by atoms with Crippen LogP contribution in [0.4, 0.5) is 0 Å². The lowest BCUT2D eigenvalue weighted by Crippen LogP contribution is -2.37. The maximum absolute atomic E-state index is 12.1. The highest BCUT2D eigenvalue weighted by molar-refractivity contribution is 7.99. The molecule has 2 rings (SSSR count). The van der Waals surface area contributed by atoms with E-state index in [4.69, 9.17) is 4.74 Å². The van der Waals surface area contributed by atoms with Crippen LogP contribution in [0.3, 0.4) is 0 Å². The molecule has 0 bridgehead atoms. The molecule has 3 nitrogen and oxygen atoms in total. The Morgan fingerprint density at radius 2 is 1.88 bits per heavy atom. The lowest BCUT2D eigenvalue weighted by Gasteiger charge is -2.20. The minimum atomic E-state index is -0.470. The predicted molar refractivity (Wildman–Crippen MR) is 103 cm³/mol. The van der Waals surface area contributed by atoms with Crippen molar-refractivity contribution in [1.29, 1.82) is 0 Å². The van der Waals surface area contributed by atoms with Gasteiger partial charge in [0.25, 0.3) is 5.91 Å². The summed E-state index contributed by atoms with van der Waals surface area (Å²) in [5, 5.41) is 3.78. The highest BCUT2D eigenvalue weighted by Crippen LogP contribution is 2.29. The highest BCUT2D eigenvalue weighted by atomic mass is 32.2. The third kappa shape index (κ3) is 6.04. The Bertz CT molecular complexity index is 515. The van der Waals surface area contributed by atoms with Gasteiger partial charge >= 0.3 is 0 Å². The summed E-state index contributed by atoms with van der Waals surface area (Å²) in [7, 11) is 0. The number of amides is 1. The van der Waals surface area contributed by atoms with Gasteiger partial charge in [-0.2, -0.15) is 11.8 Å². The fourth-order valence-corrected chi connectivity index (χ4v) is 4.11. The second-order valence-corrected chi connectivity index (χ2v) is 9.01. The molecule has 1 aliphatic carbocycles. The van der Waals surface area contributed by atoms with Gasteiger partial charge in [0.2, 0.25) is 0 Å². The molecule has 24 heavy (non-hydrogen) atoms. The van der Waals surface area contributed by atoms with Gasteiger partial charge in [-0.3, -0.25) is 4.79 Å². The van der Waals surface area contributed by atoms with Crippen LogP contribution in [0.1, 0.15) is 58.9 Å². The second kappa shape index (κ2) is 8.80. The van der Waals surface area contributed by atoms with Crippen LogP contribution < -0.4 is 10.1 Å². The van der Waals surface area contributed by atoms with E-state index in [1.807, 2.05) is 23.9 Å². The maximum Gasteiger partial charge on any atom is 0.260 e.